The van der Waals surface area contributed by atoms with Crippen LogP contribution in [0.25, 0.3) is 17.2 Å². The molecule has 1 amide bonds. The monoisotopic (exact) mass is 500 g/mol. The minimum atomic E-state index is -3.87. The quantitative estimate of drug-likeness (QED) is 0.270. The van der Waals surface area contributed by atoms with Gasteiger partial charge in [-0.2, -0.15) is 0 Å². The number of amides is 1. The van der Waals surface area contributed by atoms with Gasteiger partial charge in [-0.15, -0.1) is 0 Å². The van der Waals surface area contributed by atoms with Gasteiger partial charge in [0.25, 0.3) is 10.0 Å². The van der Waals surface area contributed by atoms with Crippen LogP contribution >= 0.6 is 0 Å². The molecule has 184 valence electrons. The lowest BCUT2D eigenvalue weighted by atomic mass is 10.0. The van der Waals surface area contributed by atoms with Crippen molar-refractivity contribution in [1.29, 1.82) is 0 Å². The third-order valence-corrected chi connectivity index (χ3v) is 7.21. The van der Waals surface area contributed by atoms with E-state index in [2.05, 4.69) is 10.2 Å². The predicted molar refractivity (Wildman–Crippen MR) is 145 cm³/mol. The molecule has 0 saturated heterocycles. The van der Waals surface area contributed by atoms with Gasteiger partial charge in [0.2, 0.25) is 5.91 Å². The zero-order chi connectivity index (χ0) is 25.7. The van der Waals surface area contributed by atoms with Crippen molar-refractivity contribution in [3.63, 3.8) is 0 Å². The Hall–Kier alpha value is -4.14. The van der Waals surface area contributed by atoms with Crippen LogP contribution in [0.15, 0.2) is 102 Å². The number of nitrogens with zero attached hydrogens (tertiary/aromatic N) is 2. The number of benzene rings is 3. The average molecular weight is 501 g/mol. The Bertz CT molecular complexity index is 1520. The molecular weight excluding hydrogens is 472 g/mol. The molecule has 0 unspecified atom stereocenters. The highest BCUT2D eigenvalue weighted by molar-refractivity contribution is 7.90. The standard InChI is InChI=1S/C28H28N4O3S/c1-31(2)19-22-8-7-9-23(18-22)24-10-3-6-13-27(24)36(34,35)32-17-16-21(20-32)14-15-28(33)30-26-12-5-4-11-25(26)29/h3-18,20H,19,29H2,1-2H3,(H,30,33)/b15-14+. The van der Waals surface area contributed by atoms with Gasteiger partial charge in [-0.3, -0.25) is 4.79 Å². The maximum Gasteiger partial charge on any atom is 0.268 e. The summed E-state index contributed by atoms with van der Waals surface area (Å²) < 4.78 is 28.3. The van der Waals surface area contributed by atoms with Crippen molar-refractivity contribution in [3.05, 3.63) is 108 Å². The van der Waals surface area contributed by atoms with Crippen LogP contribution in [0.4, 0.5) is 11.4 Å². The van der Waals surface area contributed by atoms with Crippen molar-refractivity contribution >= 4 is 33.4 Å². The topological polar surface area (TPSA) is 97.4 Å². The predicted octanol–water partition coefficient (Wildman–Crippen LogP) is 4.69. The van der Waals surface area contributed by atoms with Crippen LogP contribution < -0.4 is 11.1 Å². The number of carbonyl (C=O) groups is 1. The third kappa shape index (κ3) is 5.73. The van der Waals surface area contributed by atoms with E-state index in [1.165, 1.54) is 22.4 Å². The maximum absolute atomic E-state index is 13.6. The molecule has 8 heteroatoms. The van der Waals surface area contributed by atoms with Crippen LogP contribution in [0.3, 0.4) is 0 Å². The summed E-state index contributed by atoms with van der Waals surface area (Å²) in [6.07, 6.45) is 5.84. The molecule has 0 aliphatic heterocycles. The van der Waals surface area contributed by atoms with Crippen molar-refractivity contribution in [2.75, 3.05) is 25.1 Å². The zero-order valence-corrected chi connectivity index (χ0v) is 20.9. The molecule has 4 rings (SSSR count). The molecule has 1 aromatic heterocycles. The first-order valence-electron chi connectivity index (χ1n) is 11.3. The molecular formula is C28H28N4O3S. The van der Waals surface area contributed by atoms with Crippen LogP contribution in [0, 0.1) is 0 Å². The minimum Gasteiger partial charge on any atom is -0.397 e. The average Bonchev–Trinajstić information content (AvgIpc) is 3.34. The van der Waals surface area contributed by atoms with Gasteiger partial charge in [0.1, 0.15) is 0 Å². The van der Waals surface area contributed by atoms with Gasteiger partial charge < -0.3 is 16.0 Å². The van der Waals surface area contributed by atoms with E-state index in [0.29, 0.717) is 22.5 Å². The Morgan fingerprint density at radius 2 is 1.75 bits per heavy atom. The van der Waals surface area contributed by atoms with Crippen molar-refractivity contribution in [2.24, 2.45) is 0 Å². The Morgan fingerprint density at radius 1 is 1.00 bits per heavy atom. The van der Waals surface area contributed by atoms with E-state index in [-0.39, 0.29) is 10.8 Å². The number of nitrogen functional groups attached to an aromatic ring is 1. The number of hydrogen-bond acceptors (Lipinski definition) is 5. The van der Waals surface area contributed by atoms with E-state index in [0.717, 1.165) is 17.7 Å². The summed E-state index contributed by atoms with van der Waals surface area (Å²) in [6, 6.07) is 23.4. The summed E-state index contributed by atoms with van der Waals surface area (Å²) in [5, 5.41) is 2.71. The molecule has 1 heterocycles. The number of rotatable bonds is 8. The van der Waals surface area contributed by atoms with E-state index in [9.17, 15) is 13.2 Å². The lowest BCUT2D eigenvalue weighted by Gasteiger charge is -2.14. The Kier molecular flexibility index (Phi) is 7.38. The first-order valence-corrected chi connectivity index (χ1v) is 12.8. The summed E-state index contributed by atoms with van der Waals surface area (Å²) in [5.41, 5.74) is 9.95. The van der Waals surface area contributed by atoms with Gasteiger partial charge in [0.15, 0.2) is 0 Å². The normalized spacial score (nSPS) is 11.8. The van der Waals surface area contributed by atoms with Crippen molar-refractivity contribution in [1.82, 2.24) is 8.87 Å². The molecule has 0 fully saturated rings. The van der Waals surface area contributed by atoms with Crippen LogP contribution in [-0.2, 0) is 21.4 Å². The molecule has 4 aromatic rings. The summed E-state index contributed by atoms with van der Waals surface area (Å²) in [6.45, 7) is 0.750. The first-order chi connectivity index (χ1) is 17.2. The van der Waals surface area contributed by atoms with E-state index in [1.54, 1.807) is 48.5 Å². The molecule has 7 nitrogen and oxygen atoms in total. The SMILES string of the molecule is CN(C)Cc1cccc(-c2ccccc2S(=O)(=O)n2ccc(/C=C/C(=O)Nc3ccccc3N)c2)c1. The fourth-order valence-corrected chi connectivity index (χ4v) is 5.27. The third-order valence-electron chi connectivity index (χ3n) is 5.52. The lowest BCUT2D eigenvalue weighted by molar-refractivity contribution is -0.111. The van der Waals surface area contributed by atoms with E-state index >= 15 is 0 Å². The van der Waals surface area contributed by atoms with Crippen LogP contribution in [0.1, 0.15) is 11.1 Å². The van der Waals surface area contributed by atoms with E-state index < -0.39 is 10.0 Å². The van der Waals surface area contributed by atoms with Gasteiger partial charge in [-0.1, -0.05) is 48.5 Å². The first kappa shape index (κ1) is 25.0. The molecule has 0 spiro atoms. The highest BCUT2D eigenvalue weighted by Crippen LogP contribution is 2.30. The van der Waals surface area contributed by atoms with Gasteiger partial charge >= 0.3 is 0 Å². The number of nitrogens with two attached hydrogens (primary N) is 1. The fourth-order valence-electron chi connectivity index (χ4n) is 3.84. The minimum absolute atomic E-state index is 0.204. The number of para-hydroxylation sites is 2. The number of hydrogen-bond donors (Lipinski definition) is 2. The van der Waals surface area contributed by atoms with Gasteiger partial charge in [-0.25, -0.2) is 12.4 Å². The molecule has 0 saturated carbocycles. The van der Waals surface area contributed by atoms with Crippen LogP contribution in [0.5, 0.6) is 0 Å². The fraction of sp³-hybridized carbons (Fsp3) is 0.107. The van der Waals surface area contributed by atoms with Gasteiger partial charge in [-0.05, 0) is 67.2 Å². The second-order valence-corrected chi connectivity index (χ2v) is 10.4. The molecule has 36 heavy (non-hydrogen) atoms. The van der Waals surface area contributed by atoms with E-state index in [1.807, 2.05) is 50.5 Å². The lowest BCUT2D eigenvalue weighted by Crippen LogP contribution is -2.12. The van der Waals surface area contributed by atoms with Crippen LogP contribution in [0.2, 0.25) is 0 Å². The summed E-state index contributed by atoms with van der Waals surface area (Å²) in [5.74, 6) is -0.369. The number of anilines is 2. The van der Waals surface area contributed by atoms with Gasteiger partial charge in [0, 0.05) is 30.6 Å². The van der Waals surface area contributed by atoms with E-state index in [4.69, 9.17) is 5.73 Å². The Morgan fingerprint density at radius 3 is 2.53 bits per heavy atom. The Balaban J connectivity index is 1.58. The zero-order valence-electron chi connectivity index (χ0n) is 20.1. The molecule has 3 N–H and O–H groups in total. The molecule has 0 bridgehead atoms. The highest BCUT2D eigenvalue weighted by atomic mass is 32.2. The molecule has 0 radical (unpaired) electrons. The largest absolute Gasteiger partial charge is 0.397 e. The van der Waals surface area contributed by atoms with Crippen molar-refractivity contribution in [2.45, 2.75) is 11.4 Å². The maximum atomic E-state index is 13.6. The van der Waals surface area contributed by atoms with Gasteiger partial charge in [0.05, 0.1) is 16.3 Å². The summed E-state index contributed by atoms with van der Waals surface area (Å²) in [7, 11) is 0.110. The second kappa shape index (κ2) is 10.6. The summed E-state index contributed by atoms with van der Waals surface area (Å²) in [4.78, 5) is 14.5. The molecule has 0 aliphatic carbocycles. The number of carbonyl (C=O) groups excluding carboxylic acids is 1. The second-order valence-electron chi connectivity index (χ2n) is 8.62. The Labute approximate surface area is 211 Å². The molecule has 0 aliphatic rings. The smallest absolute Gasteiger partial charge is 0.268 e. The van der Waals surface area contributed by atoms with Crippen molar-refractivity contribution < 1.29 is 13.2 Å². The van der Waals surface area contributed by atoms with Crippen molar-refractivity contribution in [3.8, 4) is 11.1 Å². The number of aromatic nitrogens is 1. The molecule has 0 atom stereocenters. The summed E-state index contributed by atoms with van der Waals surface area (Å²) >= 11 is 0. The van der Waals surface area contributed by atoms with Crippen LogP contribution in [-0.4, -0.2) is 37.3 Å². The number of nitrogens with one attached hydrogen (secondary N) is 1. The molecule has 3 aromatic carbocycles. The highest BCUT2D eigenvalue weighted by Gasteiger charge is 2.21.